The molecule has 1 aromatic carbocycles. The fourth-order valence-corrected chi connectivity index (χ4v) is 2.54. The van der Waals surface area contributed by atoms with Gasteiger partial charge in [0.2, 0.25) is 0 Å². The third-order valence-electron chi connectivity index (χ3n) is 3.45. The first-order chi connectivity index (χ1) is 8.84. The molecule has 3 rings (SSSR count). The van der Waals surface area contributed by atoms with Gasteiger partial charge in [-0.15, -0.1) is 0 Å². The second kappa shape index (κ2) is 4.77. The van der Waals surface area contributed by atoms with E-state index >= 15 is 0 Å². The molecule has 1 aromatic heterocycles. The molecule has 0 N–H and O–H groups in total. The summed E-state index contributed by atoms with van der Waals surface area (Å²) < 4.78 is 0. The van der Waals surface area contributed by atoms with Crippen LogP contribution in [-0.2, 0) is 6.42 Å². The summed E-state index contributed by atoms with van der Waals surface area (Å²) in [5.41, 5.74) is 5.10. The highest BCUT2D eigenvalue weighted by Crippen LogP contribution is 2.25. The van der Waals surface area contributed by atoms with E-state index in [0.29, 0.717) is 0 Å². The summed E-state index contributed by atoms with van der Waals surface area (Å²) in [6, 6.07) is 6.62. The molecule has 0 radical (unpaired) electrons. The van der Waals surface area contributed by atoms with E-state index in [4.69, 9.17) is 0 Å². The molecular weight excluding hydrogens is 218 g/mol. The molecule has 18 heavy (non-hydrogen) atoms. The highest BCUT2D eigenvalue weighted by atomic mass is 14.7. The monoisotopic (exact) mass is 235 g/mol. The molecule has 1 aliphatic carbocycles. The van der Waals surface area contributed by atoms with Crippen LogP contribution in [0.25, 0.3) is 17.0 Å². The number of aromatic nitrogens is 1. The molecule has 2 aromatic rings. The first kappa shape index (κ1) is 11.2. The number of fused-ring (bicyclic) bond motifs is 3. The Hall–Kier alpha value is -1.89. The van der Waals surface area contributed by atoms with E-state index in [1.807, 2.05) is 6.20 Å². The standard InChI is InChI=1S/C17H17N/c1-13-11-15-10-9-14-7-5-3-2-4-6-8-16(14)17(15)18-12-13/h2-3,5,7,9-12H,4,6,8H2,1H3/b3-2?,7-5-. The van der Waals surface area contributed by atoms with Gasteiger partial charge in [-0.25, -0.2) is 0 Å². The van der Waals surface area contributed by atoms with E-state index in [2.05, 4.69) is 54.4 Å². The minimum Gasteiger partial charge on any atom is -0.256 e. The maximum atomic E-state index is 4.64. The molecule has 1 heteroatoms. The molecule has 0 fully saturated rings. The quantitative estimate of drug-likeness (QED) is 0.657. The van der Waals surface area contributed by atoms with Gasteiger partial charge in [-0.05, 0) is 48.9 Å². The van der Waals surface area contributed by atoms with Crippen molar-refractivity contribution in [2.24, 2.45) is 0 Å². The molecule has 0 saturated carbocycles. The first-order valence-electron chi connectivity index (χ1n) is 6.56. The zero-order valence-corrected chi connectivity index (χ0v) is 10.7. The van der Waals surface area contributed by atoms with Gasteiger partial charge in [0.15, 0.2) is 0 Å². The Morgan fingerprint density at radius 2 is 2.11 bits per heavy atom. The van der Waals surface area contributed by atoms with Crippen LogP contribution >= 0.6 is 0 Å². The molecule has 1 heterocycles. The Bertz CT molecular complexity index is 635. The van der Waals surface area contributed by atoms with Crippen molar-refractivity contribution in [3.05, 3.63) is 59.3 Å². The predicted molar refractivity (Wildman–Crippen MR) is 77.6 cm³/mol. The summed E-state index contributed by atoms with van der Waals surface area (Å²) >= 11 is 0. The summed E-state index contributed by atoms with van der Waals surface area (Å²) in [7, 11) is 0. The molecule has 90 valence electrons. The van der Waals surface area contributed by atoms with Crippen molar-refractivity contribution in [1.82, 2.24) is 4.98 Å². The van der Waals surface area contributed by atoms with Gasteiger partial charge in [0.05, 0.1) is 5.52 Å². The third-order valence-corrected chi connectivity index (χ3v) is 3.45. The average Bonchev–Trinajstić information content (AvgIpc) is 2.49. The molecule has 1 aliphatic rings. The fourth-order valence-electron chi connectivity index (χ4n) is 2.54. The van der Waals surface area contributed by atoms with Crippen LogP contribution in [0.2, 0.25) is 0 Å². The Balaban J connectivity index is 2.22. The van der Waals surface area contributed by atoms with Gasteiger partial charge in [0.1, 0.15) is 0 Å². The van der Waals surface area contributed by atoms with Gasteiger partial charge in [-0.2, -0.15) is 0 Å². The molecule has 0 amide bonds. The van der Waals surface area contributed by atoms with E-state index in [1.54, 1.807) is 0 Å². The normalized spacial score (nSPS) is 16.7. The molecule has 0 atom stereocenters. The van der Waals surface area contributed by atoms with Gasteiger partial charge in [-0.3, -0.25) is 4.98 Å². The lowest BCUT2D eigenvalue weighted by Crippen LogP contribution is -1.94. The highest BCUT2D eigenvalue weighted by Gasteiger charge is 2.07. The van der Waals surface area contributed by atoms with Crippen LogP contribution in [0.15, 0.2) is 42.6 Å². The lowest BCUT2D eigenvalue weighted by molar-refractivity contribution is 0.846. The van der Waals surface area contributed by atoms with E-state index in [9.17, 15) is 0 Å². The maximum absolute atomic E-state index is 4.64. The van der Waals surface area contributed by atoms with Crippen LogP contribution < -0.4 is 0 Å². The number of benzene rings is 1. The first-order valence-corrected chi connectivity index (χ1v) is 6.56. The van der Waals surface area contributed by atoms with Gasteiger partial charge in [0.25, 0.3) is 0 Å². The van der Waals surface area contributed by atoms with E-state index < -0.39 is 0 Å². The van der Waals surface area contributed by atoms with Gasteiger partial charge < -0.3 is 0 Å². The maximum Gasteiger partial charge on any atom is 0.0740 e. The predicted octanol–water partition coefficient (Wildman–Crippen LogP) is 4.45. The zero-order chi connectivity index (χ0) is 12.4. The van der Waals surface area contributed by atoms with Crippen molar-refractivity contribution < 1.29 is 0 Å². The Kier molecular flexibility index (Phi) is 2.97. The minimum atomic E-state index is 1.11. The van der Waals surface area contributed by atoms with Crippen LogP contribution in [-0.4, -0.2) is 4.98 Å². The largest absolute Gasteiger partial charge is 0.256 e. The van der Waals surface area contributed by atoms with Crippen LogP contribution in [0.4, 0.5) is 0 Å². The van der Waals surface area contributed by atoms with Crippen molar-refractivity contribution in [2.45, 2.75) is 26.2 Å². The third kappa shape index (κ3) is 2.08. The molecular formula is C17H17N. The van der Waals surface area contributed by atoms with Gasteiger partial charge in [0, 0.05) is 11.6 Å². The second-order valence-corrected chi connectivity index (χ2v) is 4.90. The molecule has 0 aliphatic heterocycles. The lowest BCUT2D eigenvalue weighted by atomic mass is 9.98. The van der Waals surface area contributed by atoms with Crippen LogP contribution in [0.3, 0.4) is 0 Å². The van der Waals surface area contributed by atoms with Gasteiger partial charge >= 0.3 is 0 Å². The van der Waals surface area contributed by atoms with Crippen molar-refractivity contribution in [1.29, 1.82) is 0 Å². The van der Waals surface area contributed by atoms with E-state index in [0.717, 1.165) is 12.8 Å². The van der Waals surface area contributed by atoms with Crippen molar-refractivity contribution in [2.75, 3.05) is 0 Å². The topological polar surface area (TPSA) is 12.9 Å². The lowest BCUT2D eigenvalue weighted by Gasteiger charge is -2.09. The van der Waals surface area contributed by atoms with Crippen molar-refractivity contribution in [3.8, 4) is 0 Å². The fraction of sp³-hybridized carbons (Fsp3) is 0.235. The number of pyridine rings is 1. The number of rotatable bonds is 0. The molecule has 0 bridgehead atoms. The molecule has 0 spiro atoms. The highest BCUT2D eigenvalue weighted by molar-refractivity contribution is 5.85. The van der Waals surface area contributed by atoms with E-state index in [-0.39, 0.29) is 0 Å². The SMILES string of the molecule is Cc1cnc2c3c(ccc2c1)/C=C\C=CCCC3. The number of allylic oxidation sites excluding steroid dienone is 3. The smallest absolute Gasteiger partial charge is 0.0740 e. The van der Waals surface area contributed by atoms with Crippen molar-refractivity contribution in [3.63, 3.8) is 0 Å². The van der Waals surface area contributed by atoms with Crippen LogP contribution in [0.1, 0.15) is 29.5 Å². The summed E-state index contributed by atoms with van der Waals surface area (Å²) in [5, 5.41) is 1.26. The Morgan fingerprint density at radius 1 is 1.17 bits per heavy atom. The van der Waals surface area contributed by atoms with Crippen LogP contribution in [0.5, 0.6) is 0 Å². The minimum absolute atomic E-state index is 1.11. The Labute approximate surface area is 108 Å². The number of aryl methyl sites for hydroxylation is 2. The summed E-state index contributed by atoms with van der Waals surface area (Å²) in [5.74, 6) is 0. The molecule has 1 nitrogen and oxygen atoms in total. The summed E-state index contributed by atoms with van der Waals surface area (Å²) in [6.45, 7) is 2.10. The zero-order valence-electron chi connectivity index (χ0n) is 10.7. The number of hydrogen-bond acceptors (Lipinski definition) is 1. The molecule has 0 unspecified atom stereocenters. The summed E-state index contributed by atoms with van der Waals surface area (Å²) in [4.78, 5) is 4.64. The summed E-state index contributed by atoms with van der Waals surface area (Å²) in [6.07, 6.45) is 14.1. The number of hydrogen-bond donors (Lipinski definition) is 0. The Morgan fingerprint density at radius 3 is 3.06 bits per heavy atom. The van der Waals surface area contributed by atoms with E-state index in [1.165, 1.54) is 34.0 Å². The van der Waals surface area contributed by atoms with Crippen molar-refractivity contribution >= 4 is 17.0 Å². The average molecular weight is 235 g/mol. The van der Waals surface area contributed by atoms with Gasteiger partial charge in [-0.1, -0.05) is 36.4 Å². The van der Waals surface area contributed by atoms with Crippen LogP contribution in [0, 0.1) is 6.92 Å². The number of nitrogens with zero attached hydrogens (tertiary/aromatic N) is 1. The second-order valence-electron chi connectivity index (χ2n) is 4.90. The molecule has 0 saturated heterocycles.